The minimum atomic E-state index is -1.65. The number of carbonyl (C=O) groups excluding carboxylic acids is 1. The van der Waals surface area contributed by atoms with Crippen molar-refractivity contribution in [3.8, 4) is 0 Å². The van der Waals surface area contributed by atoms with E-state index in [2.05, 4.69) is 0 Å². The van der Waals surface area contributed by atoms with Crippen LogP contribution in [0.5, 0.6) is 0 Å². The quantitative estimate of drug-likeness (QED) is 0.720. The molecule has 0 aliphatic rings. The predicted molar refractivity (Wildman–Crippen MR) is 78.7 cm³/mol. The van der Waals surface area contributed by atoms with Crippen LogP contribution in [0.1, 0.15) is 17.5 Å². The van der Waals surface area contributed by atoms with E-state index in [0.717, 1.165) is 5.56 Å². The number of benzene rings is 2. The molecule has 0 aromatic heterocycles. The molecule has 1 atom stereocenters. The van der Waals surface area contributed by atoms with Crippen LogP contribution in [-0.2, 0) is 16.8 Å². The summed E-state index contributed by atoms with van der Waals surface area (Å²) in [6.45, 7) is 0. The fraction of sp³-hybridized carbons (Fsp3) is 0.188. The van der Waals surface area contributed by atoms with E-state index in [1.165, 1.54) is 0 Å². The Bertz CT molecular complexity index is 581. The maximum absolute atomic E-state index is 11.6. The fourth-order valence-electron chi connectivity index (χ4n) is 2.13. The highest BCUT2D eigenvalue weighted by molar-refractivity contribution is 5.84. The SMILES string of the molecule is NC(=O)[C@@](O)(CCc1ccc(N)cc1)c1ccccc1. The van der Waals surface area contributed by atoms with Crippen LogP contribution >= 0.6 is 0 Å². The maximum atomic E-state index is 11.6. The van der Waals surface area contributed by atoms with Gasteiger partial charge in [-0.3, -0.25) is 4.79 Å². The Hall–Kier alpha value is -2.33. The molecule has 0 radical (unpaired) electrons. The molecule has 5 N–H and O–H groups in total. The molecule has 0 saturated heterocycles. The standard InChI is InChI=1S/C16H18N2O2/c17-14-8-6-12(7-9-14)10-11-16(20,15(18)19)13-4-2-1-3-5-13/h1-9,20H,10-11,17H2,(H2,18,19)/t16-/m1/s1. The van der Waals surface area contributed by atoms with Gasteiger partial charge >= 0.3 is 0 Å². The Kier molecular flexibility index (Phi) is 4.05. The molecular weight excluding hydrogens is 252 g/mol. The summed E-state index contributed by atoms with van der Waals surface area (Å²) in [5.41, 5.74) is 11.6. The smallest absolute Gasteiger partial charge is 0.254 e. The lowest BCUT2D eigenvalue weighted by molar-refractivity contribution is -0.138. The average Bonchev–Trinajstić information content (AvgIpc) is 2.47. The highest BCUT2D eigenvalue weighted by atomic mass is 16.3. The molecule has 104 valence electrons. The van der Waals surface area contributed by atoms with Gasteiger partial charge in [0.2, 0.25) is 0 Å². The maximum Gasteiger partial charge on any atom is 0.254 e. The minimum Gasteiger partial charge on any atom is -0.399 e. The van der Waals surface area contributed by atoms with Crippen LogP contribution in [0, 0.1) is 0 Å². The second kappa shape index (κ2) is 5.75. The zero-order chi connectivity index (χ0) is 14.6. The molecule has 0 saturated carbocycles. The van der Waals surface area contributed by atoms with Crippen LogP contribution in [0.3, 0.4) is 0 Å². The summed E-state index contributed by atoms with van der Waals surface area (Å²) in [4.78, 5) is 11.6. The van der Waals surface area contributed by atoms with Gasteiger partial charge in [-0.05, 0) is 36.1 Å². The van der Waals surface area contributed by atoms with E-state index in [-0.39, 0.29) is 6.42 Å². The van der Waals surface area contributed by atoms with Crippen molar-refractivity contribution in [1.29, 1.82) is 0 Å². The summed E-state index contributed by atoms with van der Waals surface area (Å²) >= 11 is 0. The average molecular weight is 270 g/mol. The van der Waals surface area contributed by atoms with Crippen LogP contribution in [0.15, 0.2) is 54.6 Å². The van der Waals surface area contributed by atoms with Gasteiger partial charge in [0.25, 0.3) is 5.91 Å². The van der Waals surface area contributed by atoms with Crippen LogP contribution in [-0.4, -0.2) is 11.0 Å². The van der Waals surface area contributed by atoms with Gasteiger partial charge in [0, 0.05) is 5.69 Å². The van der Waals surface area contributed by atoms with Crippen molar-refractivity contribution in [2.24, 2.45) is 5.73 Å². The van der Waals surface area contributed by atoms with Crippen molar-refractivity contribution in [2.45, 2.75) is 18.4 Å². The number of carbonyl (C=O) groups is 1. The number of aliphatic hydroxyl groups is 1. The summed E-state index contributed by atoms with van der Waals surface area (Å²) in [6, 6.07) is 16.1. The molecule has 0 fully saturated rings. The van der Waals surface area contributed by atoms with Crippen LogP contribution in [0.25, 0.3) is 0 Å². The second-order valence-corrected chi connectivity index (χ2v) is 4.83. The number of amides is 1. The Labute approximate surface area is 118 Å². The molecule has 0 aliphatic heterocycles. The van der Waals surface area contributed by atoms with Gasteiger partial charge < -0.3 is 16.6 Å². The van der Waals surface area contributed by atoms with E-state index in [1.807, 2.05) is 18.2 Å². The van der Waals surface area contributed by atoms with Gasteiger partial charge in [0.1, 0.15) is 0 Å². The van der Waals surface area contributed by atoms with Gasteiger partial charge in [-0.15, -0.1) is 0 Å². The first-order valence-electron chi connectivity index (χ1n) is 6.44. The Morgan fingerprint density at radius 3 is 2.20 bits per heavy atom. The lowest BCUT2D eigenvalue weighted by Gasteiger charge is -2.25. The molecule has 0 spiro atoms. The first kappa shape index (κ1) is 14.1. The Morgan fingerprint density at radius 2 is 1.65 bits per heavy atom. The number of hydrogen-bond acceptors (Lipinski definition) is 3. The van der Waals surface area contributed by atoms with Gasteiger partial charge in [-0.2, -0.15) is 0 Å². The van der Waals surface area contributed by atoms with Crippen molar-refractivity contribution in [2.75, 3.05) is 5.73 Å². The molecule has 2 aromatic carbocycles. The van der Waals surface area contributed by atoms with Gasteiger partial charge in [0.15, 0.2) is 5.60 Å². The van der Waals surface area contributed by atoms with Gasteiger partial charge in [-0.25, -0.2) is 0 Å². The first-order valence-corrected chi connectivity index (χ1v) is 6.44. The van der Waals surface area contributed by atoms with E-state index in [1.54, 1.807) is 36.4 Å². The molecule has 4 nitrogen and oxygen atoms in total. The second-order valence-electron chi connectivity index (χ2n) is 4.83. The molecular formula is C16H18N2O2. The predicted octanol–water partition coefficient (Wildman–Crippen LogP) is 1.57. The molecule has 2 rings (SSSR count). The highest BCUT2D eigenvalue weighted by Crippen LogP contribution is 2.26. The Balaban J connectivity index is 2.18. The topological polar surface area (TPSA) is 89.3 Å². The van der Waals surface area contributed by atoms with Crippen LogP contribution < -0.4 is 11.5 Å². The van der Waals surface area contributed by atoms with E-state index < -0.39 is 11.5 Å². The number of nitrogen functional groups attached to an aromatic ring is 1. The summed E-state index contributed by atoms with van der Waals surface area (Å²) < 4.78 is 0. The van der Waals surface area contributed by atoms with Crippen LogP contribution in [0.2, 0.25) is 0 Å². The molecule has 2 aromatic rings. The number of primary amides is 1. The summed E-state index contributed by atoms with van der Waals surface area (Å²) in [6.07, 6.45) is 0.769. The third-order valence-electron chi connectivity index (χ3n) is 3.41. The fourth-order valence-corrected chi connectivity index (χ4v) is 2.13. The van der Waals surface area contributed by atoms with Gasteiger partial charge in [0.05, 0.1) is 0 Å². The zero-order valence-electron chi connectivity index (χ0n) is 11.1. The molecule has 0 unspecified atom stereocenters. The lowest BCUT2D eigenvalue weighted by atomic mass is 9.87. The normalized spacial score (nSPS) is 13.7. The number of rotatable bonds is 5. The van der Waals surface area contributed by atoms with E-state index in [9.17, 15) is 9.90 Å². The number of nitrogens with two attached hydrogens (primary N) is 2. The van der Waals surface area contributed by atoms with Crippen LogP contribution in [0.4, 0.5) is 5.69 Å². The highest BCUT2D eigenvalue weighted by Gasteiger charge is 2.35. The third-order valence-corrected chi connectivity index (χ3v) is 3.41. The largest absolute Gasteiger partial charge is 0.399 e. The van der Waals surface area contributed by atoms with E-state index in [4.69, 9.17) is 11.5 Å². The molecule has 0 bridgehead atoms. The van der Waals surface area contributed by atoms with Gasteiger partial charge in [-0.1, -0.05) is 42.5 Å². The molecule has 0 aliphatic carbocycles. The van der Waals surface area contributed by atoms with Crippen molar-refractivity contribution < 1.29 is 9.90 Å². The first-order chi connectivity index (χ1) is 9.52. The number of aryl methyl sites for hydroxylation is 1. The summed E-state index contributed by atoms with van der Waals surface area (Å²) in [5.74, 6) is -0.737. The van der Waals surface area contributed by atoms with E-state index >= 15 is 0 Å². The van der Waals surface area contributed by atoms with Crippen molar-refractivity contribution in [1.82, 2.24) is 0 Å². The molecule has 0 heterocycles. The third kappa shape index (κ3) is 2.97. The number of hydrogen-bond donors (Lipinski definition) is 3. The van der Waals surface area contributed by atoms with Crippen molar-refractivity contribution in [3.63, 3.8) is 0 Å². The van der Waals surface area contributed by atoms with Crippen molar-refractivity contribution >= 4 is 11.6 Å². The Morgan fingerprint density at radius 1 is 1.05 bits per heavy atom. The van der Waals surface area contributed by atoms with Crippen molar-refractivity contribution in [3.05, 3.63) is 65.7 Å². The minimum absolute atomic E-state index is 0.232. The summed E-state index contributed by atoms with van der Waals surface area (Å²) in [7, 11) is 0. The zero-order valence-corrected chi connectivity index (χ0v) is 11.1. The molecule has 20 heavy (non-hydrogen) atoms. The summed E-state index contributed by atoms with van der Waals surface area (Å²) in [5, 5.41) is 10.6. The van der Waals surface area contributed by atoms with E-state index in [0.29, 0.717) is 17.7 Å². The lowest BCUT2D eigenvalue weighted by Crippen LogP contribution is -2.41. The molecule has 1 amide bonds. The molecule has 4 heteroatoms. The number of anilines is 1. The monoisotopic (exact) mass is 270 g/mol.